The molecule has 0 atom stereocenters. The van der Waals surface area contributed by atoms with E-state index < -0.39 is 0 Å². The van der Waals surface area contributed by atoms with Gasteiger partial charge in [-0.05, 0) is 56.8 Å². The largest absolute Gasteiger partial charge is 0.493 e. The van der Waals surface area contributed by atoms with Gasteiger partial charge in [-0.3, -0.25) is 9.59 Å². The molecule has 0 saturated carbocycles. The summed E-state index contributed by atoms with van der Waals surface area (Å²) in [6.07, 6.45) is 3.12. The fourth-order valence-electron chi connectivity index (χ4n) is 2.99. The molecule has 0 radical (unpaired) electrons. The number of ether oxygens (including phenoxy) is 2. The maximum Gasteiger partial charge on any atom is 0.222 e. The van der Waals surface area contributed by atoms with Crippen LogP contribution < -0.4 is 15.2 Å². The lowest BCUT2D eigenvalue weighted by molar-refractivity contribution is -0.132. The van der Waals surface area contributed by atoms with Gasteiger partial charge < -0.3 is 20.1 Å². The first kappa shape index (κ1) is 19.2. The summed E-state index contributed by atoms with van der Waals surface area (Å²) in [6.45, 7) is 4.27. The molecule has 1 saturated heterocycles. The summed E-state index contributed by atoms with van der Waals surface area (Å²) < 4.78 is 11.0. The maximum atomic E-state index is 12.2. The number of nitrogens with two attached hydrogens (primary N) is 1. The van der Waals surface area contributed by atoms with E-state index in [1.54, 1.807) is 25.3 Å². The van der Waals surface area contributed by atoms with E-state index in [4.69, 9.17) is 15.2 Å². The third-order valence-electron chi connectivity index (χ3n) is 4.66. The number of hydrogen-bond donors (Lipinski definition) is 1. The number of hydrogen-bond acceptors (Lipinski definition) is 5. The molecular formula is C19H28N2O4. The van der Waals surface area contributed by atoms with E-state index in [-0.39, 0.29) is 11.7 Å². The van der Waals surface area contributed by atoms with Gasteiger partial charge in [0.25, 0.3) is 0 Å². The SMILES string of the molecule is COc1cc(C(C)=O)ccc1OCCCC(=O)N1CCC(CN)CC1. The number of Topliss-reactive ketones (excluding diaryl/α,β-unsaturated/α-hetero) is 1. The molecular weight excluding hydrogens is 320 g/mol. The molecule has 0 aliphatic carbocycles. The monoisotopic (exact) mass is 348 g/mol. The smallest absolute Gasteiger partial charge is 0.222 e. The van der Waals surface area contributed by atoms with Gasteiger partial charge >= 0.3 is 0 Å². The van der Waals surface area contributed by atoms with Crippen LogP contribution in [0.4, 0.5) is 0 Å². The number of carbonyl (C=O) groups is 2. The standard InChI is InChI=1S/C19H28N2O4/c1-14(22)16-5-6-17(18(12-16)24-2)25-11-3-4-19(23)21-9-7-15(13-20)8-10-21/h5-6,12,15H,3-4,7-11,13,20H2,1-2H3. The van der Waals surface area contributed by atoms with Crippen molar-refractivity contribution in [1.82, 2.24) is 4.90 Å². The summed E-state index contributed by atoms with van der Waals surface area (Å²) in [4.78, 5) is 25.6. The van der Waals surface area contributed by atoms with Crippen molar-refractivity contribution in [3.63, 3.8) is 0 Å². The summed E-state index contributed by atoms with van der Waals surface area (Å²) in [7, 11) is 1.54. The van der Waals surface area contributed by atoms with Crippen molar-refractivity contribution in [2.45, 2.75) is 32.6 Å². The van der Waals surface area contributed by atoms with Crippen LogP contribution in [0.5, 0.6) is 11.5 Å². The fraction of sp³-hybridized carbons (Fsp3) is 0.579. The summed E-state index contributed by atoms with van der Waals surface area (Å²) in [5.74, 6) is 1.83. The van der Waals surface area contributed by atoms with E-state index in [0.29, 0.717) is 49.0 Å². The Morgan fingerprint density at radius 2 is 1.96 bits per heavy atom. The van der Waals surface area contributed by atoms with Crippen LogP contribution in [-0.2, 0) is 4.79 Å². The zero-order chi connectivity index (χ0) is 18.2. The van der Waals surface area contributed by atoms with Gasteiger partial charge in [-0.1, -0.05) is 0 Å². The van der Waals surface area contributed by atoms with E-state index in [1.807, 2.05) is 4.90 Å². The second-order valence-corrected chi connectivity index (χ2v) is 6.43. The van der Waals surface area contributed by atoms with Crippen LogP contribution >= 0.6 is 0 Å². The lowest BCUT2D eigenvalue weighted by Gasteiger charge is -2.31. The predicted molar refractivity (Wildman–Crippen MR) is 96.1 cm³/mol. The molecule has 1 aliphatic heterocycles. The summed E-state index contributed by atoms with van der Waals surface area (Å²) in [5, 5.41) is 0. The van der Waals surface area contributed by atoms with Gasteiger partial charge in [0.05, 0.1) is 13.7 Å². The molecule has 1 aliphatic rings. The molecule has 0 bridgehead atoms. The molecule has 0 unspecified atom stereocenters. The van der Waals surface area contributed by atoms with Crippen molar-refractivity contribution in [3.8, 4) is 11.5 Å². The molecule has 1 aromatic carbocycles. The molecule has 25 heavy (non-hydrogen) atoms. The van der Waals surface area contributed by atoms with Crippen LogP contribution in [0, 0.1) is 5.92 Å². The maximum absolute atomic E-state index is 12.2. The number of benzene rings is 1. The molecule has 1 heterocycles. The first-order valence-corrected chi connectivity index (χ1v) is 8.84. The van der Waals surface area contributed by atoms with Gasteiger partial charge in [0, 0.05) is 25.1 Å². The van der Waals surface area contributed by atoms with Crippen LogP contribution in [0.1, 0.15) is 43.0 Å². The highest BCUT2D eigenvalue weighted by atomic mass is 16.5. The van der Waals surface area contributed by atoms with Crippen molar-refractivity contribution in [1.29, 1.82) is 0 Å². The van der Waals surface area contributed by atoms with Crippen LogP contribution in [0.3, 0.4) is 0 Å². The fourth-order valence-corrected chi connectivity index (χ4v) is 2.99. The van der Waals surface area contributed by atoms with Gasteiger partial charge in [0.1, 0.15) is 0 Å². The molecule has 1 fully saturated rings. The zero-order valence-corrected chi connectivity index (χ0v) is 15.1. The average molecular weight is 348 g/mol. The van der Waals surface area contributed by atoms with E-state index in [9.17, 15) is 9.59 Å². The molecule has 1 aromatic rings. The zero-order valence-electron chi connectivity index (χ0n) is 15.1. The first-order chi connectivity index (χ1) is 12.0. The summed E-state index contributed by atoms with van der Waals surface area (Å²) in [6, 6.07) is 5.12. The van der Waals surface area contributed by atoms with Crippen molar-refractivity contribution in [2.24, 2.45) is 11.7 Å². The minimum Gasteiger partial charge on any atom is -0.493 e. The Balaban J connectivity index is 1.75. The number of ketones is 1. The Kier molecular flexibility index (Phi) is 7.25. The third kappa shape index (κ3) is 5.46. The van der Waals surface area contributed by atoms with E-state index in [0.717, 1.165) is 25.9 Å². The number of nitrogens with zero attached hydrogens (tertiary/aromatic N) is 1. The van der Waals surface area contributed by atoms with Gasteiger partial charge in [-0.2, -0.15) is 0 Å². The van der Waals surface area contributed by atoms with Crippen molar-refractivity contribution in [3.05, 3.63) is 23.8 Å². The van der Waals surface area contributed by atoms with Gasteiger partial charge in [0.2, 0.25) is 5.91 Å². The van der Waals surface area contributed by atoms with Gasteiger partial charge in [-0.15, -0.1) is 0 Å². The normalized spacial score (nSPS) is 15.1. The number of rotatable bonds is 8. The quantitative estimate of drug-likeness (QED) is 0.575. The Bertz CT molecular complexity index is 595. The summed E-state index contributed by atoms with van der Waals surface area (Å²) in [5.41, 5.74) is 6.26. The van der Waals surface area contributed by atoms with Gasteiger partial charge in [0.15, 0.2) is 17.3 Å². The molecule has 138 valence electrons. The second-order valence-electron chi connectivity index (χ2n) is 6.43. The average Bonchev–Trinajstić information content (AvgIpc) is 2.64. The van der Waals surface area contributed by atoms with Crippen molar-refractivity contribution in [2.75, 3.05) is 33.4 Å². The molecule has 6 nitrogen and oxygen atoms in total. The molecule has 0 spiro atoms. The van der Waals surface area contributed by atoms with E-state index >= 15 is 0 Å². The number of piperidine rings is 1. The molecule has 1 amide bonds. The molecule has 6 heteroatoms. The topological polar surface area (TPSA) is 81.9 Å². The Labute approximate surface area is 149 Å². The Hall–Kier alpha value is -2.08. The highest BCUT2D eigenvalue weighted by molar-refractivity contribution is 5.94. The van der Waals surface area contributed by atoms with Crippen LogP contribution in [0.25, 0.3) is 0 Å². The Morgan fingerprint density at radius 1 is 1.24 bits per heavy atom. The van der Waals surface area contributed by atoms with Crippen molar-refractivity contribution < 1.29 is 19.1 Å². The highest BCUT2D eigenvalue weighted by Gasteiger charge is 2.21. The van der Waals surface area contributed by atoms with Crippen LogP contribution in [0.2, 0.25) is 0 Å². The number of methoxy groups -OCH3 is 1. The van der Waals surface area contributed by atoms with Crippen LogP contribution in [0.15, 0.2) is 18.2 Å². The van der Waals surface area contributed by atoms with Gasteiger partial charge in [-0.25, -0.2) is 0 Å². The molecule has 2 N–H and O–H groups in total. The van der Waals surface area contributed by atoms with Crippen molar-refractivity contribution >= 4 is 11.7 Å². The third-order valence-corrected chi connectivity index (χ3v) is 4.66. The molecule has 0 aromatic heterocycles. The number of carbonyl (C=O) groups excluding carboxylic acids is 2. The second kappa shape index (κ2) is 9.42. The molecule has 2 rings (SSSR count). The highest BCUT2D eigenvalue weighted by Crippen LogP contribution is 2.28. The lowest BCUT2D eigenvalue weighted by Crippen LogP contribution is -2.40. The van der Waals surface area contributed by atoms with Crippen LogP contribution in [-0.4, -0.2) is 49.9 Å². The minimum atomic E-state index is -0.0196. The van der Waals surface area contributed by atoms with E-state index in [2.05, 4.69) is 0 Å². The Morgan fingerprint density at radius 3 is 2.56 bits per heavy atom. The lowest BCUT2D eigenvalue weighted by atomic mass is 9.97. The number of likely N-dealkylation sites (tertiary alicyclic amines) is 1. The first-order valence-electron chi connectivity index (χ1n) is 8.84. The number of amides is 1. The summed E-state index contributed by atoms with van der Waals surface area (Å²) >= 11 is 0. The van der Waals surface area contributed by atoms with E-state index in [1.165, 1.54) is 6.92 Å². The minimum absolute atomic E-state index is 0.0196. The predicted octanol–water partition coefficient (Wildman–Crippen LogP) is 2.25.